The van der Waals surface area contributed by atoms with Gasteiger partial charge in [-0.3, -0.25) is 9.59 Å². The van der Waals surface area contributed by atoms with E-state index in [2.05, 4.69) is 10.6 Å². The monoisotopic (exact) mass is 321 g/mol. The van der Waals surface area contributed by atoms with Crippen LogP contribution in [0.15, 0.2) is 41.0 Å². The molecule has 4 N–H and O–H groups in total. The molecule has 0 radical (unpaired) electrons. The summed E-state index contributed by atoms with van der Waals surface area (Å²) in [5.41, 5.74) is 6.29. The molecule has 0 atom stereocenters. The standard InChI is InChI=1S/C15H16ClN3O3/c16-11-6-5-10(18-15(21)13-3-2-8-22-13)9-12(11)19-14(20)4-1-7-17/h2-3,5-6,8-9H,1,4,7,17H2,(H,18,21)(H,19,20). The lowest BCUT2D eigenvalue weighted by Crippen LogP contribution is -2.15. The minimum atomic E-state index is -0.382. The Morgan fingerprint density at radius 1 is 1.23 bits per heavy atom. The molecule has 0 fully saturated rings. The number of halogens is 1. The van der Waals surface area contributed by atoms with E-state index >= 15 is 0 Å². The van der Waals surface area contributed by atoms with Gasteiger partial charge in [0.05, 0.1) is 17.0 Å². The molecule has 6 nitrogen and oxygen atoms in total. The van der Waals surface area contributed by atoms with Crippen LogP contribution in [0, 0.1) is 0 Å². The summed E-state index contributed by atoms with van der Waals surface area (Å²) < 4.78 is 5.01. The number of furan rings is 1. The van der Waals surface area contributed by atoms with Crippen LogP contribution < -0.4 is 16.4 Å². The average Bonchev–Trinajstić information content (AvgIpc) is 3.03. The zero-order valence-corrected chi connectivity index (χ0v) is 12.5. The molecule has 1 aromatic carbocycles. The van der Waals surface area contributed by atoms with Gasteiger partial charge >= 0.3 is 0 Å². The van der Waals surface area contributed by atoms with Crippen molar-refractivity contribution >= 4 is 34.8 Å². The molecule has 0 saturated carbocycles. The van der Waals surface area contributed by atoms with E-state index in [0.29, 0.717) is 35.8 Å². The maximum Gasteiger partial charge on any atom is 0.291 e. The summed E-state index contributed by atoms with van der Waals surface area (Å²) in [6.07, 6.45) is 2.33. The molecule has 0 bridgehead atoms. The van der Waals surface area contributed by atoms with Gasteiger partial charge in [-0.2, -0.15) is 0 Å². The van der Waals surface area contributed by atoms with Gasteiger partial charge in [-0.15, -0.1) is 0 Å². The fraction of sp³-hybridized carbons (Fsp3) is 0.200. The lowest BCUT2D eigenvalue weighted by molar-refractivity contribution is -0.116. The fourth-order valence-corrected chi connectivity index (χ4v) is 1.94. The highest BCUT2D eigenvalue weighted by Crippen LogP contribution is 2.26. The van der Waals surface area contributed by atoms with E-state index < -0.39 is 0 Å². The summed E-state index contributed by atoms with van der Waals surface area (Å²) in [5.74, 6) is -0.363. The van der Waals surface area contributed by atoms with E-state index in [-0.39, 0.29) is 17.6 Å². The minimum Gasteiger partial charge on any atom is -0.459 e. The molecule has 116 valence electrons. The van der Waals surface area contributed by atoms with Crippen LogP contribution in [0.5, 0.6) is 0 Å². The maximum absolute atomic E-state index is 11.9. The summed E-state index contributed by atoms with van der Waals surface area (Å²) in [6.45, 7) is 0.445. The first-order chi connectivity index (χ1) is 10.6. The largest absolute Gasteiger partial charge is 0.459 e. The van der Waals surface area contributed by atoms with Crippen LogP contribution in [0.4, 0.5) is 11.4 Å². The Kier molecular flexibility index (Phi) is 5.57. The highest BCUT2D eigenvalue weighted by molar-refractivity contribution is 6.33. The first-order valence-corrected chi connectivity index (χ1v) is 7.12. The molecule has 1 aromatic heterocycles. The number of carbonyl (C=O) groups is 2. The van der Waals surface area contributed by atoms with Gasteiger partial charge < -0.3 is 20.8 Å². The van der Waals surface area contributed by atoms with Crippen LogP contribution in [-0.4, -0.2) is 18.4 Å². The molecule has 0 aliphatic heterocycles. The van der Waals surface area contributed by atoms with Gasteiger partial charge in [0, 0.05) is 12.1 Å². The smallest absolute Gasteiger partial charge is 0.291 e. The molecule has 1 heterocycles. The molecule has 0 spiro atoms. The molecule has 22 heavy (non-hydrogen) atoms. The Morgan fingerprint density at radius 2 is 2.05 bits per heavy atom. The lowest BCUT2D eigenvalue weighted by atomic mass is 10.2. The third kappa shape index (κ3) is 4.34. The summed E-state index contributed by atoms with van der Waals surface area (Å²) >= 11 is 6.04. The zero-order valence-electron chi connectivity index (χ0n) is 11.8. The number of hydrogen-bond acceptors (Lipinski definition) is 4. The van der Waals surface area contributed by atoms with Crippen LogP contribution in [0.25, 0.3) is 0 Å². The number of nitrogens with one attached hydrogen (secondary N) is 2. The Hall–Kier alpha value is -2.31. The van der Waals surface area contributed by atoms with E-state index in [9.17, 15) is 9.59 Å². The normalized spacial score (nSPS) is 10.3. The van der Waals surface area contributed by atoms with Crippen molar-refractivity contribution in [2.24, 2.45) is 5.73 Å². The van der Waals surface area contributed by atoms with Crippen molar-refractivity contribution in [3.8, 4) is 0 Å². The van der Waals surface area contributed by atoms with Crippen molar-refractivity contribution in [3.63, 3.8) is 0 Å². The average molecular weight is 322 g/mol. The molecule has 2 rings (SSSR count). The number of carbonyl (C=O) groups excluding carboxylic acids is 2. The second kappa shape index (κ2) is 7.63. The number of benzene rings is 1. The summed E-state index contributed by atoms with van der Waals surface area (Å²) in [5, 5.41) is 5.74. The zero-order chi connectivity index (χ0) is 15.9. The van der Waals surface area contributed by atoms with Gasteiger partial charge in [0.25, 0.3) is 5.91 Å². The van der Waals surface area contributed by atoms with Crippen LogP contribution in [0.2, 0.25) is 5.02 Å². The van der Waals surface area contributed by atoms with Crippen LogP contribution in [0.1, 0.15) is 23.4 Å². The molecule has 7 heteroatoms. The van der Waals surface area contributed by atoms with Crippen molar-refractivity contribution in [1.29, 1.82) is 0 Å². The number of rotatable bonds is 6. The molecule has 0 saturated heterocycles. The van der Waals surface area contributed by atoms with E-state index in [1.54, 1.807) is 30.3 Å². The molecular weight excluding hydrogens is 306 g/mol. The highest BCUT2D eigenvalue weighted by Gasteiger charge is 2.11. The maximum atomic E-state index is 11.9. The van der Waals surface area contributed by atoms with Gasteiger partial charge in [-0.1, -0.05) is 11.6 Å². The molecule has 2 amide bonds. The minimum absolute atomic E-state index is 0.179. The Labute approximate surface area is 132 Å². The van der Waals surface area contributed by atoms with E-state index in [1.165, 1.54) is 6.26 Å². The molecule has 0 aliphatic rings. The van der Waals surface area contributed by atoms with Crippen molar-refractivity contribution < 1.29 is 14.0 Å². The first kappa shape index (κ1) is 16.1. The van der Waals surface area contributed by atoms with E-state index in [1.807, 2.05) is 0 Å². The van der Waals surface area contributed by atoms with Crippen molar-refractivity contribution in [2.75, 3.05) is 17.2 Å². The number of nitrogens with two attached hydrogens (primary N) is 1. The molecule has 0 aliphatic carbocycles. The van der Waals surface area contributed by atoms with Crippen LogP contribution in [-0.2, 0) is 4.79 Å². The summed E-state index contributed by atoms with van der Waals surface area (Å²) in [6, 6.07) is 8.00. The third-order valence-corrected chi connectivity index (χ3v) is 3.18. The number of anilines is 2. The number of hydrogen-bond donors (Lipinski definition) is 3. The highest BCUT2D eigenvalue weighted by atomic mass is 35.5. The van der Waals surface area contributed by atoms with Crippen LogP contribution in [0.3, 0.4) is 0 Å². The molecule has 0 unspecified atom stereocenters. The first-order valence-electron chi connectivity index (χ1n) is 6.74. The predicted octanol–water partition coefficient (Wildman–Crippen LogP) is 2.86. The third-order valence-electron chi connectivity index (χ3n) is 2.85. The van der Waals surface area contributed by atoms with Gasteiger partial charge in [-0.25, -0.2) is 0 Å². The van der Waals surface area contributed by atoms with Gasteiger partial charge in [0.1, 0.15) is 0 Å². The quantitative estimate of drug-likeness (QED) is 0.762. The Balaban J connectivity index is 2.06. The second-order valence-electron chi connectivity index (χ2n) is 4.57. The summed E-state index contributed by atoms with van der Waals surface area (Å²) in [4.78, 5) is 23.6. The SMILES string of the molecule is NCCCC(=O)Nc1cc(NC(=O)c2ccco2)ccc1Cl. The molecular formula is C15H16ClN3O3. The van der Waals surface area contributed by atoms with Gasteiger partial charge in [0.15, 0.2) is 5.76 Å². The fourth-order valence-electron chi connectivity index (χ4n) is 1.77. The molecule has 2 aromatic rings. The summed E-state index contributed by atoms with van der Waals surface area (Å²) in [7, 11) is 0. The van der Waals surface area contributed by atoms with E-state index in [4.69, 9.17) is 21.8 Å². The van der Waals surface area contributed by atoms with Gasteiger partial charge in [-0.05, 0) is 43.3 Å². The van der Waals surface area contributed by atoms with Crippen molar-refractivity contribution in [2.45, 2.75) is 12.8 Å². The Morgan fingerprint density at radius 3 is 2.73 bits per heavy atom. The second-order valence-corrected chi connectivity index (χ2v) is 4.97. The number of amides is 2. The van der Waals surface area contributed by atoms with Crippen molar-refractivity contribution in [3.05, 3.63) is 47.4 Å². The van der Waals surface area contributed by atoms with E-state index in [0.717, 1.165) is 0 Å². The topological polar surface area (TPSA) is 97.4 Å². The lowest BCUT2D eigenvalue weighted by Gasteiger charge is -2.10. The van der Waals surface area contributed by atoms with Crippen LogP contribution >= 0.6 is 11.6 Å². The predicted molar refractivity (Wildman–Crippen MR) is 85.0 cm³/mol. The van der Waals surface area contributed by atoms with Crippen molar-refractivity contribution in [1.82, 2.24) is 0 Å². The van der Waals surface area contributed by atoms with Gasteiger partial charge in [0.2, 0.25) is 5.91 Å². The Bertz CT molecular complexity index is 656.